The normalized spacial score (nSPS) is 12.3. The van der Waals surface area contributed by atoms with Crippen LogP contribution in [0.1, 0.15) is 311 Å². The highest BCUT2D eigenvalue weighted by Crippen LogP contribution is 2.18. The zero-order chi connectivity index (χ0) is 103. The van der Waals surface area contributed by atoms with Crippen molar-refractivity contribution in [2.24, 2.45) is 29.6 Å². The van der Waals surface area contributed by atoms with E-state index in [1.807, 2.05) is 173 Å². The molecule has 3 saturated heterocycles. The number of carbonyl (C=O) groups excluding carboxylic acids is 13. The maximum absolute atomic E-state index is 11.4. The van der Waals surface area contributed by atoms with Gasteiger partial charge in [-0.25, -0.2) is 19.2 Å². The third-order valence-electron chi connectivity index (χ3n) is 15.9. The van der Waals surface area contributed by atoms with E-state index < -0.39 is 71.3 Å². The molecule has 0 unspecified atom stereocenters. The summed E-state index contributed by atoms with van der Waals surface area (Å²) >= 11 is 15.5. The molecule has 0 spiro atoms. The highest BCUT2D eigenvalue weighted by atomic mass is 35.5. The van der Waals surface area contributed by atoms with Crippen LogP contribution in [-0.2, 0) is 102 Å². The van der Waals surface area contributed by atoms with E-state index >= 15 is 0 Å². The molecule has 0 bridgehead atoms. The first kappa shape index (κ1) is 141. The van der Waals surface area contributed by atoms with Crippen molar-refractivity contribution >= 4 is 128 Å². The van der Waals surface area contributed by atoms with Crippen molar-refractivity contribution in [3.63, 3.8) is 0 Å². The van der Waals surface area contributed by atoms with E-state index in [9.17, 15) is 76.7 Å². The van der Waals surface area contributed by atoms with Crippen LogP contribution in [0.15, 0.2) is 48.5 Å². The van der Waals surface area contributed by atoms with Crippen molar-refractivity contribution in [2.75, 3.05) is 67.2 Å². The lowest BCUT2D eigenvalue weighted by molar-refractivity contribution is -0.201. The van der Waals surface area contributed by atoms with Gasteiger partial charge in [-0.05, 0) is 254 Å². The van der Waals surface area contributed by atoms with Crippen molar-refractivity contribution in [2.45, 2.75) is 339 Å². The summed E-state index contributed by atoms with van der Waals surface area (Å²) in [6.45, 7) is 55.4. The summed E-state index contributed by atoms with van der Waals surface area (Å²) in [5, 5.41) is 42.3. The molecule has 37 heteroatoms. The third kappa shape index (κ3) is 97.6. The van der Waals surface area contributed by atoms with Crippen LogP contribution in [0.4, 0.5) is 0 Å². The highest BCUT2D eigenvalue weighted by Gasteiger charge is 2.35. The minimum absolute atomic E-state index is 0. The van der Waals surface area contributed by atoms with Crippen molar-refractivity contribution < 1.29 is 136 Å². The molecule has 760 valence electrons. The number of likely N-dealkylation sites (N-methyl/N-ethyl adjacent to an activating group) is 3. The Morgan fingerprint density at radius 2 is 0.679 bits per heavy atom. The Balaban J connectivity index is -0.000000179. The number of ether oxygens (including phenoxy) is 4. The monoisotopic (exact) mass is 1930 g/mol. The molecule has 0 aliphatic carbocycles. The molecule has 0 atom stereocenters. The second-order valence-corrected chi connectivity index (χ2v) is 35.6. The van der Waals surface area contributed by atoms with Crippen LogP contribution in [-0.4, -0.2) is 264 Å². The van der Waals surface area contributed by atoms with Crippen LogP contribution >= 0.6 is 34.8 Å². The van der Waals surface area contributed by atoms with Crippen molar-refractivity contribution in [1.29, 1.82) is 0 Å². The van der Waals surface area contributed by atoms with E-state index in [1.54, 1.807) is 77.6 Å². The fourth-order valence-electron chi connectivity index (χ4n) is 7.63. The Kier molecular flexibility index (Phi) is 90.9. The Bertz CT molecular complexity index is 3310. The molecule has 5 N–H and O–H groups in total. The first-order valence-corrected chi connectivity index (χ1v) is 44.9. The lowest BCUT2D eigenvalue weighted by atomic mass is 10.1. The van der Waals surface area contributed by atoms with Gasteiger partial charge in [-0.3, -0.25) is 72.2 Å². The Morgan fingerprint density at radius 3 is 0.908 bits per heavy atom. The number of ketones is 2. The van der Waals surface area contributed by atoms with E-state index in [4.69, 9.17) is 84.1 Å². The van der Waals surface area contributed by atoms with Crippen LogP contribution in [0.25, 0.3) is 0 Å². The van der Waals surface area contributed by atoms with E-state index in [0.29, 0.717) is 108 Å². The van der Waals surface area contributed by atoms with Crippen LogP contribution in [0, 0.1) is 29.6 Å². The van der Waals surface area contributed by atoms with Crippen LogP contribution in [0.2, 0.25) is 0 Å². The quantitative estimate of drug-likeness (QED) is 0.0181. The number of rotatable bonds is 37. The summed E-state index contributed by atoms with van der Waals surface area (Å²) < 4.78 is 20.5. The summed E-state index contributed by atoms with van der Waals surface area (Å²) in [5.41, 5.74) is 2.57. The van der Waals surface area contributed by atoms with Gasteiger partial charge in [-0.1, -0.05) is 101 Å². The van der Waals surface area contributed by atoms with E-state index in [0.717, 1.165) is 41.7 Å². The minimum atomic E-state index is -0.918. The smallest absolute Gasteiger partial charge is 0.358 e. The van der Waals surface area contributed by atoms with Gasteiger partial charge in [-0.2, -0.15) is 0 Å². The zero-order valence-corrected chi connectivity index (χ0v) is 85.7. The van der Waals surface area contributed by atoms with E-state index in [1.165, 1.54) is 0 Å². The number of carbonyl (C=O) groups is 16. The summed E-state index contributed by atoms with van der Waals surface area (Å²) in [7, 11) is 5.42. The predicted octanol–water partition coefficient (Wildman–Crippen LogP) is 16.1. The fourth-order valence-corrected chi connectivity index (χ4v) is 7.93. The standard InChI is InChI=1S/C12H16O2.C11H14O2.C10H16N2O4.C10H15NO4.C9H13NO5.C6H12ClNO.C6H11ClO.C6H13NO2.C6H12O2.C5H10O3.C5H12O.C4H10O.C3H7Cl.CH4/c1-9(2)14-8-11-4-6-12(7-5-11)10(3)13;1-8(2)13-11-6-4-10(5-7-11)9(3)12;1-7(2)11(3)6-10(15)16-12-8(13)4-5-9(12)14;1-7(2)3-6-10(14)15-11-8(12)4-5-9(11)13;1-6(2)14-5-9(13)15-10-7(11)3-4-8(10)12;1-5(2)8(3)4-6(7)9;1-5(2)3-4-6(7)8;1-5(2)7(3)4-6(8)9;1-5(2)3-4-6(7)8;1-4(2)8-3-5(6)7;1-5(2)3-4-6;1-4(2)3-5;1-3(2)4;/h4-7,9H,8H2,1-3H3;4-8H,1-3H3;7H,4-6H2,1-3H3;7H,3-6H2,1-2H3;6H,3-5H2,1-2H3;5H,4H2,1-3H3;5H,3-4H2,1-2H3;5H,4H2,1-3H3,(H,8,9);5H,3-4H2,1-2H3,(H,7,8);4H,3H2,1-2H3,(H,6,7);5-6H,3-4H2,1-2H3;4-5H,3H2,1-2H3;3H,1-2H3;1H4. The highest BCUT2D eigenvalue weighted by molar-refractivity contribution is 6.64. The topological polar surface area (TPSA) is 458 Å². The maximum Gasteiger partial charge on any atom is 0.358 e. The number of imide groups is 3. The molecule has 131 heavy (non-hydrogen) atoms. The number of amides is 6. The average Bonchev–Trinajstić information content (AvgIpc) is 1.76. The number of carboxylic acid groups (broad SMARTS) is 3. The van der Waals surface area contributed by atoms with Gasteiger partial charge in [0.25, 0.3) is 35.4 Å². The summed E-state index contributed by atoms with van der Waals surface area (Å²) in [5.74, 6) is -3.44. The van der Waals surface area contributed by atoms with Gasteiger partial charge in [0, 0.05) is 106 Å². The molecule has 3 aliphatic heterocycles. The van der Waals surface area contributed by atoms with Gasteiger partial charge in [0.2, 0.25) is 10.5 Å². The number of aliphatic carboxylic acids is 3. The number of hydroxylamine groups is 6. The molecule has 2 aromatic rings. The van der Waals surface area contributed by atoms with Crippen molar-refractivity contribution in [3.05, 3.63) is 65.2 Å². The predicted molar refractivity (Wildman–Crippen MR) is 509 cm³/mol. The van der Waals surface area contributed by atoms with Crippen LogP contribution < -0.4 is 4.74 Å². The molecule has 34 nitrogen and oxygen atoms in total. The molecule has 3 heterocycles. The lowest BCUT2D eigenvalue weighted by Gasteiger charge is -2.20. The lowest BCUT2D eigenvalue weighted by Crippen LogP contribution is -2.38. The molecule has 5 rings (SSSR count). The SMILES string of the molecule is C.CC(=O)c1ccc(COC(C)C)cc1.CC(=O)c1ccc(OC(C)C)cc1.CC(C)CCC(=O)Cl.CC(C)CCC(=O)O.CC(C)CCC(=O)ON1C(=O)CCC1=O.CC(C)CCO.CC(C)CO.CC(C)Cl.CC(C)N(C)CC(=O)Cl.CC(C)N(C)CC(=O)O.CC(C)N(C)CC(=O)ON1C(=O)CCC1=O.CC(C)OCC(=O)O.CC(C)OCC(=O)ON1C(=O)CCC1=O. The third-order valence-corrected chi connectivity index (χ3v) is 16.2. The Labute approximate surface area is 796 Å². The number of hydrogen-bond acceptors (Lipinski definition) is 28. The minimum Gasteiger partial charge on any atom is -0.491 e. The van der Waals surface area contributed by atoms with E-state index in [2.05, 4.69) is 37.4 Å². The molecular formula is C94H165Cl3N6O28. The molecule has 2 aromatic carbocycles. The Morgan fingerprint density at radius 1 is 0.374 bits per heavy atom. The number of hydrogen-bond donors (Lipinski definition) is 5. The Hall–Kier alpha value is -8.29. The van der Waals surface area contributed by atoms with Crippen LogP contribution in [0.3, 0.4) is 0 Å². The maximum atomic E-state index is 11.4. The number of nitrogens with zero attached hydrogens (tertiary/aromatic N) is 6. The molecule has 0 aromatic heterocycles. The van der Waals surface area contributed by atoms with Crippen molar-refractivity contribution in [3.8, 4) is 5.75 Å². The first-order chi connectivity index (χ1) is 59.8. The summed E-state index contributed by atoms with van der Waals surface area (Å²) in [6.07, 6.45) is 5.36. The largest absolute Gasteiger partial charge is 0.491 e. The molecular weight excluding hydrogens is 1770 g/mol. The summed E-state index contributed by atoms with van der Waals surface area (Å²) in [6, 6.07) is 15.6. The number of Topliss-reactive ketones (excluding diaryl/α,β-unsaturated/α-hetero) is 2. The molecule has 0 saturated carbocycles. The van der Waals surface area contributed by atoms with Gasteiger partial charge in [0.05, 0.1) is 50.7 Å². The number of benzene rings is 2. The number of aliphatic hydroxyl groups excluding tert-OH is 2. The zero-order valence-electron chi connectivity index (χ0n) is 83.4. The second kappa shape index (κ2) is 84.7. The molecule has 3 aliphatic rings. The second-order valence-electron chi connectivity index (χ2n) is 33.9. The molecule has 0 radical (unpaired) electrons. The van der Waals surface area contributed by atoms with Gasteiger partial charge in [0.1, 0.15) is 19.0 Å². The number of halogens is 3. The van der Waals surface area contributed by atoms with Gasteiger partial charge in [0.15, 0.2) is 11.6 Å². The van der Waals surface area contributed by atoms with Crippen LogP contribution in [0.5, 0.6) is 5.75 Å². The van der Waals surface area contributed by atoms with Gasteiger partial charge in [-0.15, -0.1) is 26.8 Å². The molecule has 6 amide bonds. The van der Waals surface area contributed by atoms with Gasteiger partial charge < -0.3 is 59.0 Å². The number of aliphatic hydroxyl groups is 2. The van der Waals surface area contributed by atoms with Crippen molar-refractivity contribution in [1.82, 2.24) is 29.9 Å². The molecule has 3 fully saturated rings. The van der Waals surface area contributed by atoms with Gasteiger partial charge >= 0.3 is 35.8 Å². The average molecular weight is 1930 g/mol. The summed E-state index contributed by atoms with van der Waals surface area (Å²) in [4.78, 5) is 192. The van der Waals surface area contributed by atoms with E-state index in [-0.39, 0.29) is 131 Å². The number of carboxylic acids is 3. The first-order valence-electron chi connectivity index (χ1n) is 43.7. The fraction of sp³-hybridized carbons (Fsp3) is 0.702. The number of alkyl halides is 1.